The van der Waals surface area contributed by atoms with E-state index in [0.717, 1.165) is 29.7 Å². The summed E-state index contributed by atoms with van der Waals surface area (Å²) in [5.74, 6) is 0. The maximum atomic E-state index is 11.9. The summed E-state index contributed by atoms with van der Waals surface area (Å²) in [6, 6.07) is 7.79. The van der Waals surface area contributed by atoms with Crippen LogP contribution in [0.1, 0.15) is 18.5 Å². The number of benzene rings is 1. The summed E-state index contributed by atoms with van der Waals surface area (Å²) in [7, 11) is 0. The number of aromatic nitrogens is 1. The lowest BCUT2D eigenvalue weighted by atomic mass is 10.1. The third-order valence-electron chi connectivity index (χ3n) is 3.42. The molecule has 3 nitrogen and oxygen atoms in total. The molecule has 2 aromatic rings. The lowest BCUT2D eigenvalue weighted by molar-refractivity contribution is 0.949. The van der Waals surface area contributed by atoms with Crippen LogP contribution in [-0.4, -0.2) is 18.1 Å². The minimum atomic E-state index is 0.109. The zero-order valence-corrected chi connectivity index (χ0v) is 9.99. The highest BCUT2D eigenvalue weighted by Crippen LogP contribution is 2.22. The van der Waals surface area contributed by atoms with Crippen molar-refractivity contribution in [1.82, 2.24) is 4.98 Å². The predicted octanol–water partition coefficient (Wildman–Crippen LogP) is 2.44. The number of anilines is 1. The number of aryl methyl sites for hydroxylation is 1. The van der Waals surface area contributed by atoms with Crippen LogP contribution in [-0.2, 0) is 0 Å². The fourth-order valence-corrected chi connectivity index (χ4v) is 2.54. The van der Waals surface area contributed by atoms with Crippen molar-refractivity contribution in [2.24, 2.45) is 0 Å². The topological polar surface area (TPSA) is 36.1 Å². The molecule has 0 radical (unpaired) electrons. The highest BCUT2D eigenvalue weighted by molar-refractivity contribution is 5.82. The van der Waals surface area contributed by atoms with Crippen molar-refractivity contribution in [2.75, 3.05) is 18.0 Å². The van der Waals surface area contributed by atoms with Gasteiger partial charge in [-0.15, -0.1) is 0 Å². The highest BCUT2D eigenvalue weighted by Gasteiger charge is 2.13. The average molecular weight is 228 g/mol. The Kier molecular flexibility index (Phi) is 2.39. The molecule has 1 aliphatic heterocycles. The molecular weight excluding hydrogens is 212 g/mol. The molecule has 0 atom stereocenters. The molecule has 2 heterocycles. The van der Waals surface area contributed by atoms with E-state index >= 15 is 0 Å². The van der Waals surface area contributed by atoms with Crippen LogP contribution in [0.5, 0.6) is 0 Å². The lowest BCUT2D eigenvalue weighted by Gasteiger charge is -2.17. The molecule has 0 amide bonds. The third-order valence-corrected chi connectivity index (χ3v) is 3.42. The summed E-state index contributed by atoms with van der Waals surface area (Å²) in [6.07, 6.45) is 2.50. The number of aromatic amines is 1. The van der Waals surface area contributed by atoms with Crippen LogP contribution in [0, 0.1) is 6.92 Å². The minimum Gasteiger partial charge on any atom is -0.372 e. The molecular formula is C14H16N2O. The van der Waals surface area contributed by atoms with Gasteiger partial charge in [0.2, 0.25) is 0 Å². The van der Waals surface area contributed by atoms with Gasteiger partial charge >= 0.3 is 0 Å². The van der Waals surface area contributed by atoms with Gasteiger partial charge in [0.1, 0.15) is 0 Å². The Balaban J connectivity index is 2.15. The first-order valence-electron chi connectivity index (χ1n) is 6.13. The smallest absolute Gasteiger partial charge is 0.189 e. The van der Waals surface area contributed by atoms with Gasteiger partial charge in [-0.3, -0.25) is 4.79 Å². The van der Waals surface area contributed by atoms with Gasteiger partial charge in [0.15, 0.2) is 5.43 Å². The monoisotopic (exact) mass is 228 g/mol. The molecule has 0 saturated carbocycles. The summed E-state index contributed by atoms with van der Waals surface area (Å²) < 4.78 is 0. The van der Waals surface area contributed by atoms with E-state index in [2.05, 4.69) is 16.0 Å². The van der Waals surface area contributed by atoms with Gasteiger partial charge in [-0.05, 0) is 38.0 Å². The quantitative estimate of drug-likeness (QED) is 0.813. The Hall–Kier alpha value is -1.77. The number of pyridine rings is 1. The molecule has 3 rings (SSSR count). The Morgan fingerprint density at radius 3 is 2.71 bits per heavy atom. The molecule has 0 bridgehead atoms. The van der Waals surface area contributed by atoms with E-state index in [1.165, 1.54) is 18.5 Å². The fourth-order valence-electron chi connectivity index (χ4n) is 2.54. The normalized spacial score (nSPS) is 15.7. The summed E-state index contributed by atoms with van der Waals surface area (Å²) in [5, 5.41) is 0.792. The van der Waals surface area contributed by atoms with Crippen molar-refractivity contribution in [3.63, 3.8) is 0 Å². The molecule has 0 spiro atoms. The standard InChI is InChI=1S/C14H16N2O/c1-10-8-14(17)12-9-11(4-5-13(12)15-10)16-6-2-3-7-16/h4-5,8-9H,2-3,6-7H2,1H3,(H,15,17). The molecule has 1 fully saturated rings. The zero-order chi connectivity index (χ0) is 11.8. The Labute approximate surface area is 100 Å². The summed E-state index contributed by atoms with van der Waals surface area (Å²) in [5.41, 5.74) is 3.12. The maximum Gasteiger partial charge on any atom is 0.189 e. The molecule has 3 heteroatoms. The van der Waals surface area contributed by atoms with Crippen molar-refractivity contribution in [3.05, 3.63) is 40.2 Å². The number of H-pyrrole nitrogens is 1. The number of nitrogens with zero attached hydrogens (tertiary/aromatic N) is 1. The van der Waals surface area contributed by atoms with Crippen LogP contribution < -0.4 is 10.3 Å². The summed E-state index contributed by atoms with van der Waals surface area (Å²) in [4.78, 5) is 17.5. The van der Waals surface area contributed by atoms with E-state index < -0.39 is 0 Å². The van der Waals surface area contributed by atoms with Gasteiger partial charge in [-0.1, -0.05) is 0 Å². The van der Waals surface area contributed by atoms with Gasteiger partial charge in [0.05, 0.1) is 0 Å². The third kappa shape index (κ3) is 1.82. The first kappa shape index (κ1) is 10.4. The number of fused-ring (bicyclic) bond motifs is 1. The van der Waals surface area contributed by atoms with E-state index in [1.807, 2.05) is 19.1 Å². The molecule has 17 heavy (non-hydrogen) atoms. The molecule has 1 aromatic heterocycles. The van der Waals surface area contributed by atoms with E-state index in [1.54, 1.807) is 6.07 Å². The van der Waals surface area contributed by atoms with Gasteiger partial charge in [-0.2, -0.15) is 0 Å². The molecule has 0 unspecified atom stereocenters. The molecule has 1 aromatic carbocycles. The summed E-state index contributed by atoms with van der Waals surface area (Å²) in [6.45, 7) is 4.12. The second-order valence-corrected chi connectivity index (χ2v) is 4.74. The van der Waals surface area contributed by atoms with Gasteiger partial charge in [0.25, 0.3) is 0 Å². The van der Waals surface area contributed by atoms with Crippen molar-refractivity contribution >= 4 is 16.6 Å². The number of nitrogens with one attached hydrogen (secondary N) is 1. The van der Waals surface area contributed by atoms with Crippen molar-refractivity contribution in [1.29, 1.82) is 0 Å². The Morgan fingerprint density at radius 2 is 1.94 bits per heavy atom. The first-order valence-corrected chi connectivity index (χ1v) is 6.13. The SMILES string of the molecule is Cc1cc(=O)c2cc(N3CCCC3)ccc2[nH]1. The Morgan fingerprint density at radius 1 is 1.18 bits per heavy atom. The average Bonchev–Trinajstić information content (AvgIpc) is 2.82. The highest BCUT2D eigenvalue weighted by atomic mass is 16.1. The van der Waals surface area contributed by atoms with Crippen molar-refractivity contribution < 1.29 is 0 Å². The Bertz CT molecular complexity index is 609. The number of hydrogen-bond donors (Lipinski definition) is 1. The molecule has 88 valence electrons. The van der Waals surface area contributed by atoms with E-state index in [9.17, 15) is 4.79 Å². The van der Waals surface area contributed by atoms with E-state index in [-0.39, 0.29) is 5.43 Å². The predicted molar refractivity (Wildman–Crippen MR) is 70.8 cm³/mol. The van der Waals surface area contributed by atoms with Crippen LogP contribution in [0.2, 0.25) is 0 Å². The van der Waals surface area contributed by atoms with Crippen molar-refractivity contribution in [2.45, 2.75) is 19.8 Å². The molecule has 1 N–H and O–H groups in total. The second-order valence-electron chi connectivity index (χ2n) is 4.74. The lowest BCUT2D eigenvalue weighted by Crippen LogP contribution is -2.17. The first-order chi connectivity index (χ1) is 8.24. The maximum absolute atomic E-state index is 11.9. The number of hydrogen-bond acceptors (Lipinski definition) is 2. The van der Waals surface area contributed by atoms with Crippen molar-refractivity contribution in [3.8, 4) is 0 Å². The minimum absolute atomic E-state index is 0.109. The van der Waals surface area contributed by atoms with Crippen LogP contribution in [0.15, 0.2) is 29.1 Å². The van der Waals surface area contributed by atoms with Gasteiger partial charge in [0, 0.05) is 41.4 Å². The number of rotatable bonds is 1. The fraction of sp³-hybridized carbons (Fsp3) is 0.357. The van der Waals surface area contributed by atoms with Crippen LogP contribution >= 0.6 is 0 Å². The largest absolute Gasteiger partial charge is 0.372 e. The van der Waals surface area contributed by atoms with Crippen LogP contribution in [0.25, 0.3) is 10.9 Å². The molecule has 0 aliphatic carbocycles. The van der Waals surface area contributed by atoms with E-state index in [0.29, 0.717) is 0 Å². The van der Waals surface area contributed by atoms with Crippen LogP contribution in [0.4, 0.5) is 5.69 Å². The van der Waals surface area contributed by atoms with Gasteiger partial charge in [-0.25, -0.2) is 0 Å². The zero-order valence-electron chi connectivity index (χ0n) is 9.99. The van der Waals surface area contributed by atoms with E-state index in [4.69, 9.17) is 0 Å². The summed E-state index contributed by atoms with van der Waals surface area (Å²) >= 11 is 0. The molecule has 1 aliphatic rings. The van der Waals surface area contributed by atoms with Gasteiger partial charge < -0.3 is 9.88 Å². The molecule has 1 saturated heterocycles. The second kappa shape index (κ2) is 3.91. The van der Waals surface area contributed by atoms with Crippen LogP contribution in [0.3, 0.4) is 0 Å².